The minimum Gasteiger partial charge on any atom is -0.506 e. The third-order valence-corrected chi connectivity index (χ3v) is 3.17. The van der Waals surface area contributed by atoms with Gasteiger partial charge in [0.2, 0.25) is 0 Å². The number of nitrogens with one attached hydrogen (secondary N) is 1. The average Bonchev–Trinajstić information content (AvgIpc) is 2.46. The van der Waals surface area contributed by atoms with Crippen LogP contribution in [0.4, 0.5) is 0 Å². The normalized spacial score (nSPS) is 10.8. The molecule has 0 atom stereocenters. The third kappa shape index (κ3) is 3.60. The van der Waals surface area contributed by atoms with Crippen molar-refractivity contribution in [3.63, 3.8) is 0 Å². The summed E-state index contributed by atoms with van der Waals surface area (Å²) in [5.41, 5.74) is 2.53. The molecule has 0 aliphatic heterocycles. The van der Waals surface area contributed by atoms with Gasteiger partial charge in [0, 0.05) is 16.1 Å². The maximum atomic E-state index is 11.8. The summed E-state index contributed by atoms with van der Waals surface area (Å²) in [6, 6.07) is 6.37. The van der Waals surface area contributed by atoms with Crippen molar-refractivity contribution in [3.05, 3.63) is 51.5 Å². The maximum Gasteiger partial charge on any atom is 0.271 e. The molecule has 0 saturated carbocycles. The van der Waals surface area contributed by atoms with Crippen LogP contribution >= 0.6 is 23.2 Å². The van der Waals surface area contributed by atoms with Gasteiger partial charge in [-0.1, -0.05) is 23.2 Å². The molecule has 0 bridgehead atoms. The number of phenolic OH excluding ortho intramolecular Hbond substituents is 3. The highest BCUT2D eigenvalue weighted by molar-refractivity contribution is 6.36. The highest BCUT2D eigenvalue weighted by Gasteiger charge is 2.09. The lowest BCUT2D eigenvalue weighted by atomic mass is 10.2. The van der Waals surface area contributed by atoms with E-state index in [1.165, 1.54) is 30.5 Å². The number of halogens is 2. The summed E-state index contributed by atoms with van der Waals surface area (Å²) in [5.74, 6) is -1.58. The van der Waals surface area contributed by atoms with E-state index in [9.17, 15) is 15.0 Å². The Hall–Kier alpha value is -2.44. The summed E-state index contributed by atoms with van der Waals surface area (Å²) >= 11 is 11.5. The number of aromatic hydroxyl groups is 3. The number of phenols is 3. The predicted molar refractivity (Wildman–Crippen MR) is 83.0 cm³/mol. The average molecular weight is 341 g/mol. The van der Waals surface area contributed by atoms with Crippen molar-refractivity contribution in [2.24, 2.45) is 5.10 Å². The van der Waals surface area contributed by atoms with E-state index < -0.39 is 11.7 Å². The summed E-state index contributed by atoms with van der Waals surface area (Å²) in [6.45, 7) is 0. The van der Waals surface area contributed by atoms with Crippen LogP contribution in [0, 0.1) is 0 Å². The minimum atomic E-state index is -0.612. The molecule has 0 heterocycles. The summed E-state index contributed by atoms with van der Waals surface area (Å²) in [4.78, 5) is 11.8. The SMILES string of the molecule is O=C(NN=Cc1cc(Cl)cc(Cl)c1O)c1ccc(O)c(O)c1. The Balaban J connectivity index is 2.12. The van der Waals surface area contributed by atoms with E-state index in [4.69, 9.17) is 28.3 Å². The lowest BCUT2D eigenvalue weighted by Crippen LogP contribution is -2.17. The molecule has 0 saturated heterocycles. The summed E-state index contributed by atoms with van der Waals surface area (Å²) < 4.78 is 0. The van der Waals surface area contributed by atoms with Gasteiger partial charge in [0.25, 0.3) is 5.91 Å². The van der Waals surface area contributed by atoms with Crippen LogP contribution in [0.15, 0.2) is 35.4 Å². The molecular weight excluding hydrogens is 331 g/mol. The first kappa shape index (κ1) is 15.9. The van der Waals surface area contributed by atoms with Crippen molar-refractivity contribution in [2.45, 2.75) is 0 Å². The van der Waals surface area contributed by atoms with E-state index in [1.54, 1.807) is 0 Å². The predicted octanol–water partition coefficient (Wildman–Crippen LogP) is 2.87. The molecule has 0 aliphatic rings. The smallest absolute Gasteiger partial charge is 0.271 e. The maximum absolute atomic E-state index is 11.8. The number of nitrogens with zero attached hydrogens (tertiary/aromatic N) is 1. The molecule has 22 heavy (non-hydrogen) atoms. The van der Waals surface area contributed by atoms with Gasteiger partial charge in [-0.25, -0.2) is 5.43 Å². The Morgan fingerprint density at radius 2 is 1.82 bits per heavy atom. The van der Waals surface area contributed by atoms with Gasteiger partial charge in [0.1, 0.15) is 5.75 Å². The molecule has 8 heteroatoms. The fraction of sp³-hybridized carbons (Fsp3) is 0. The largest absolute Gasteiger partial charge is 0.506 e. The van der Waals surface area contributed by atoms with Gasteiger partial charge in [0.15, 0.2) is 11.5 Å². The Kier molecular flexibility index (Phi) is 4.75. The van der Waals surface area contributed by atoms with Crippen LogP contribution in [-0.4, -0.2) is 27.4 Å². The van der Waals surface area contributed by atoms with Crippen molar-refractivity contribution in [3.8, 4) is 17.2 Å². The van der Waals surface area contributed by atoms with E-state index in [2.05, 4.69) is 10.5 Å². The van der Waals surface area contributed by atoms with Gasteiger partial charge < -0.3 is 15.3 Å². The Morgan fingerprint density at radius 1 is 1.09 bits per heavy atom. The Bertz CT molecular complexity index is 763. The second-order valence-electron chi connectivity index (χ2n) is 4.23. The number of hydrogen-bond acceptors (Lipinski definition) is 5. The molecule has 0 radical (unpaired) electrons. The summed E-state index contributed by atoms with van der Waals surface area (Å²) in [7, 11) is 0. The quantitative estimate of drug-likeness (QED) is 0.392. The molecule has 1 amide bonds. The third-order valence-electron chi connectivity index (χ3n) is 2.66. The lowest BCUT2D eigenvalue weighted by Gasteiger charge is -2.03. The molecule has 0 spiro atoms. The number of amides is 1. The zero-order chi connectivity index (χ0) is 16.3. The number of carbonyl (C=O) groups excluding carboxylic acids is 1. The van der Waals surface area contributed by atoms with Crippen LogP contribution in [0.5, 0.6) is 17.2 Å². The molecule has 0 aliphatic carbocycles. The van der Waals surface area contributed by atoms with Gasteiger partial charge in [-0.2, -0.15) is 5.10 Å². The zero-order valence-corrected chi connectivity index (χ0v) is 12.4. The fourth-order valence-corrected chi connectivity index (χ4v) is 2.08. The number of carbonyl (C=O) groups is 1. The molecule has 0 aromatic heterocycles. The van der Waals surface area contributed by atoms with Crippen LogP contribution in [-0.2, 0) is 0 Å². The summed E-state index contributed by atoms with van der Waals surface area (Å²) in [6.07, 6.45) is 1.17. The van der Waals surface area contributed by atoms with E-state index in [0.717, 1.165) is 6.07 Å². The number of hydrazone groups is 1. The van der Waals surface area contributed by atoms with Crippen LogP contribution in [0.1, 0.15) is 15.9 Å². The van der Waals surface area contributed by atoms with Gasteiger partial charge in [-0.15, -0.1) is 0 Å². The van der Waals surface area contributed by atoms with Gasteiger partial charge >= 0.3 is 0 Å². The van der Waals surface area contributed by atoms with E-state index in [1.807, 2.05) is 0 Å². The molecule has 114 valence electrons. The van der Waals surface area contributed by atoms with Crippen LogP contribution in [0.3, 0.4) is 0 Å². The molecule has 4 N–H and O–H groups in total. The highest BCUT2D eigenvalue weighted by Crippen LogP contribution is 2.30. The fourth-order valence-electron chi connectivity index (χ4n) is 1.57. The van der Waals surface area contributed by atoms with Crippen molar-refractivity contribution >= 4 is 35.3 Å². The molecule has 0 fully saturated rings. The number of hydrogen-bond donors (Lipinski definition) is 4. The van der Waals surface area contributed by atoms with Crippen LogP contribution in [0.25, 0.3) is 0 Å². The molecule has 0 unspecified atom stereocenters. The number of benzene rings is 2. The molecule has 2 aromatic rings. The van der Waals surface area contributed by atoms with Crippen molar-refractivity contribution < 1.29 is 20.1 Å². The lowest BCUT2D eigenvalue weighted by molar-refractivity contribution is 0.0954. The second-order valence-corrected chi connectivity index (χ2v) is 5.07. The van der Waals surface area contributed by atoms with Gasteiger partial charge in [0.05, 0.1) is 11.2 Å². The van der Waals surface area contributed by atoms with E-state index in [0.29, 0.717) is 5.02 Å². The van der Waals surface area contributed by atoms with Crippen molar-refractivity contribution in [2.75, 3.05) is 0 Å². The van der Waals surface area contributed by atoms with E-state index in [-0.39, 0.29) is 27.6 Å². The molecular formula is C14H10Cl2N2O4. The Morgan fingerprint density at radius 3 is 2.50 bits per heavy atom. The first-order chi connectivity index (χ1) is 10.4. The molecule has 2 rings (SSSR count). The first-order valence-electron chi connectivity index (χ1n) is 5.92. The monoisotopic (exact) mass is 340 g/mol. The zero-order valence-electron chi connectivity index (χ0n) is 10.9. The van der Waals surface area contributed by atoms with Gasteiger partial charge in [-0.3, -0.25) is 4.79 Å². The molecule has 2 aromatic carbocycles. The summed E-state index contributed by atoms with van der Waals surface area (Å²) in [5, 5.41) is 32.2. The topological polar surface area (TPSA) is 102 Å². The van der Waals surface area contributed by atoms with Crippen LogP contribution in [0.2, 0.25) is 10.0 Å². The minimum absolute atomic E-state index is 0.0590. The van der Waals surface area contributed by atoms with Crippen molar-refractivity contribution in [1.29, 1.82) is 0 Å². The van der Waals surface area contributed by atoms with Gasteiger partial charge in [-0.05, 0) is 30.3 Å². The molecule has 6 nitrogen and oxygen atoms in total. The second kappa shape index (κ2) is 6.55. The van der Waals surface area contributed by atoms with Crippen molar-refractivity contribution in [1.82, 2.24) is 5.43 Å². The standard InChI is InChI=1S/C14H10Cl2N2O4/c15-9-3-8(13(21)10(16)5-9)6-17-18-14(22)7-1-2-11(19)12(20)4-7/h1-6,19-21H,(H,18,22). The van der Waals surface area contributed by atoms with E-state index >= 15 is 0 Å². The van der Waals surface area contributed by atoms with Crippen LogP contribution < -0.4 is 5.43 Å². The highest BCUT2D eigenvalue weighted by atomic mass is 35.5. The first-order valence-corrected chi connectivity index (χ1v) is 6.67. The Labute approximate surface area is 135 Å². The number of rotatable bonds is 3.